The van der Waals surface area contributed by atoms with Crippen molar-refractivity contribution in [1.29, 1.82) is 0 Å². The number of thiazole rings is 2. The molecule has 43 heavy (non-hydrogen) atoms. The van der Waals surface area contributed by atoms with Gasteiger partial charge in [-0.3, -0.25) is 9.59 Å². The number of anilines is 2. The van der Waals surface area contributed by atoms with Crippen molar-refractivity contribution in [3.63, 3.8) is 0 Å². The van der Waals surface area contributed by atoms with Gasteiger partial charge in [0.2, 0.25) is 11.8 Å². The summed E-state index contributed by atoms with van der Waals surface area (Å²) in [6.45, 7) is 0. The van der Waals surface area contributed by atoms with Crippen LogP contribution in [0.2, 0.25) is 10.0 Å². The van der Waals surface area contributed by atoms with E-state index in [2.05, 4.69) is 20.6 Å². The van der Waals surface area contributed by atoms with Gasteiger partial charge in [-0.25, -0.2) is 9.97 Å². The quantitative estimate of drug-likeness (QED) is 0.138. The molecule has 2 amide bonds. The van der Waals surface area contributed by atoms with Crippen LogP contribution in [0.4, 0.5) is 11.4 Å². The molecule has 0 atom stereocenters. The first kappa shape index (κ1) is 30.3. The van der Waals surface area contributed by atoms with Crippen LogP contribution >= 0.6 is 81.2 Å². The Balaban J connectivity index is 0.948. The summed E-state index contributed by atoms with van der Waals surface area (Å²) in [4.78, 5) is 36.1. The monoisotopic (exact) mass is 698 g/mol. The maximum atomic E-state index is 12.5. The Labute approximate surface area is 278 Å². The van der Waals surface area contributed by atoms with Crippen LogP contribution in [0.15, 0.2) is 103 Å². The van der Waals surface area contributed by atoms with E-state index < -0.39 is 0 Å². The van der Waals surface area contributed by atoms with Crippen LogP contribution in [0.25, 0.3) is 20.4 Å². The fraction of sp³-hybridized carbons (Fsp3) is 0.0667. The molecule has 0 fully saturated rings. The maximum absolute atomic E-state index is 12.5. The zero-order valence-electron chi connectivity index (χ0n) is 22.0. The Hall–Kier alpha value is -2.77. The third-order valence-electron chi connectivity index (χ3n) is 5.83. The number of nitrogens with zero attached hydrogens (tertiary/aromatic N) is 2. The number of aromatic nitrogens is 2. The second-order valence-electron chi connectivity index (χ2n) is 9.01. The molecular formula is C30H20Cl2N4O2S5. The van der Waals surface area contributed by atoms with Crippen molar-refractivity contribution in [3.05, 3.63) is 95.0 Å². The fourth-order valence-corrected chi connectivity index (χ4v) is 8.73. The fourth-order valence-electron chi connectivity index (χ4n) is 3.88. The first-order chi connectivity index (χ1) is 20.9. The minimum absolute atomic E-state index is 0.0938. The highest BCUT2D eigenvalue weighted by molar-refractivity contribution is 8.02. The van der Waals surface area contributed by atoms with Gasteiger partial charge in [0.15, 0.2) is 8.68 Å². The number of amides is 2. The topological polar surface area (TPSA) is 84.0 Å². The number of carbonyl (C=O) groups excluding carboxylic acids is 2. The number of benzene rings is 4. The predicted molar refractivity (Wildman–Crippen MR) is 185 cm³/mol. The molecule has 2 N–H and O–H groups in total. The van der Waals surface area contributed by atoms with Gasteiger partial charge >= 0.3 is 0 Å². The normalized spacial score (nSPS) is 11.2. The number of thioether (sulfide) groups is 2. The van der Waals surface area contributed by atoms with E-state index in [1.54, 1.807) is 34.4 Å². The van der Waals surface area contributed by atoms with E-state index in [-0.39, 0.29) is 23.3 Å². The first-order valence-electron chi connectivity index (χ1n) is 12.7. The van der Waals surface area contributed by atoms with Crippen molar-refractivity contribution < 1.29 is 9.59 Å². The molecule has 6 aromatic rings. The van der Waals surface area contributed by atoms with E-state index in [9.17, 15) is 9.59 Å². The molecule has 0 unspecified atom stereocenters. The molecule has 0 bridgehead atoms. The lowest BCUT2D eigenvalue weighted by molar-refractivity contribution is -0.114. The molecule has 2 heterocycles. The number of hydrogen-bond acceptors (Lipinski definition) is 9. The van der Waals surface area contributed by atoms with E-state index >= 15 is 0 Å². The standard InChI is InChI=1S/C30H20Cl2N4O2S5/c31-17-1-11-25-23(13-17)35-29(42-25)39-15-27(37)33-19-3-7-21(8-4-19)41-22-9-5-20(6-10-22)34-28(38)16-40-30-36-24-14-18(32)2-12-26(24)43-30/h1-14H,15-16H2,(H,33,37)(H,34,38). The van der Waals surface area contributed by atoms with Crippen LogP contribution in [0.3, 0.4) is 0 Å². The van der Waals surface area contributed by atoms with Gasteiger partial charge in [0, 0.05) is 31.2 Å². The summed E-state index contributed by atoms with van der Waals surface area (Å²) in [7, 11) is 0. The Morgan fingerprint density at radius 2 is 1.05 bits per heavy atom. The Bertz CT molecular complexity index is 1790. The minimum Gasteiger partial charge on any atom is -0.325 e. The van der Waals surface area contributed by atoms with Crippen LogP contribution in [0, 0.1) is 0 Å². The molecule has 6 rings (SSSR count). The smallest absolute Gasteiger partial charge is 0.234 e. The van der Waals surface area contributed by atoms with Gasteiger partial charge < -0.3 is 10.6 Å². The SMILES string of the molecule is O=C(CSc1nc2cc(Cl)ccc2s1)Nc1ccc(Sc2ccc(NC(=O)CSc3nc4cc(Cl)ccc4s3)cc2)cc1. The highest BCUT2D eigenvalue weighted by Crippen LogP contribution is 2.33. The first-order valence-corrected chi connectivity index (χ1v) is 17.9. The van der Waals surface area contributed by atoms with Crippen LogP contribution in [0.1, 0.15) is 0 Å². The molecule has 0 aliphatic rings. The van der Waals surface area contributed by atoms with E-state index in [4.69, 9.17) is 23.2 Å². The highest BCUT2D eigenvalue weighted by atomic mass is 35.5. The largest absolute Gasteiger partial charge is 0.325 e. The van der Waals surface area contributed by atoms with Crippen molar-refractivity contribution in [3.8, 4) is 0 Å². The molecule has 6 nitrogen and oxygen atoms in total. The van der Waals surface area contributed by atoms with Gasteiger partial charge in [-0.2, -0.15) is 0 Å². The van der Waals surface area contributed by atoms with Crippen molar-refractivity contribution in [2.75, 3.05) is 22.1 Å². The van der Waals surface area contributed by atoms with Crippen LogP contribution in [-0.4, -0.2) is 33.3 Å². The molecule has 13 heteroatoms. The van der Waals surface area contributed by atoms with Gasteiger partial charge in [-0.15, -0.1) is 22.7 Å². The third kappa shape index (κ3) is 8.24. The molecule has 0 saturated heterocycles. The van der Waals surface area contributed by atoms with Gasteiger partial charge in [-0.1, -0.05) is 58.5 Å². The average Bonchev–Trinajstić information content (AvgIpc) is 3.60. The van der Waals surface area contributed by atoms with E-state index in [1.807, 2.05) is 84.9 Å². The maximum Gasteiger partial charge on any atom is 0.234 e. The van der Waals surface area contributed by atoms with Crippen molar-refractivity contribution in [2.45, 2.75) is 18.5 Å². The third-order valence-corrected chi connectivity index (χ3v) is 11.7. The van der Waals surface area contributed by atoms with E-state index in [1.165, 1.54) is 23.5 Å². The van der Waals surface area contributed by atoms with Gasteiger partial charge in [0.25, 0.3) is 0 Å². The second-order valence-corrected chi connectivity index (χ2v) is 15.5. The summed E-state index contributed by atoms with van der Waals surface area (Å²) in [6, 6.07) is 26.6. The predicted octanol–water partition coefficient (Wildman–Crippen LogP) is 9.83. The Kier molecular flexibility index (Phi) is 9.78. The summed E-state index contributed by atoms with van der Waals surface area (Å²) < 4.78 is 3.75. The summed E-state index contributed by atoms with van der Waals surface area (Å²) >= 11 is 19.6. The number of nitrogens with one attached hydrogen (secondary N) is 2. The zero-order valence-corrected chi connectivity index (χ0v) is 27.6. The number of fused-ring (bicyclic) bond motifs is 2. The number of halogens is 2. The zero-order chi connectivity index (χ0) is 29.8. The lowest BCUT2D eigenvalue weighted by Crippen LogP contribution is -2.13. The summed E-state index contributed by atoms with van der Waals surface area (Å²) in [5.74, 6) is 0.346. The van der Waals surface area contributed by atoms with Gasteiger partial charge in [0.05, 0.1) is 31.9 Å². The van der Waals surface area contributed by atoms with Crippen LogP contribution < -0.4 is 10.6 Å². The number of carbonyl (C=O) groups is 2. The molecular weight excluding hydrogens is 680 g/mol. The second kappa shape index (κ2) is 13.9. The van der Waals surface area contributed by atoms with E-state index in [0.29, 0.717) is 10.0 Å². The lowest BCUT2D eigenvalue weighted by atomic mass is 10.3. The molecule has 0 spiro atoms. The average molecular weight is 700 g/mol. The Morgan fingerprint density at radius 3 is 1.47 bits per heavy atom. The molecule has 216 valence electrons. The van der Waals surface area contributed by atoms with Crippen molar-refractivity contribution in [2.24, 2.45) is 0 Å². The Morgan fingerprint density at radius 1 is 0.628 bits per heavy atom. The summed E-state index contributed by atoms with van der Waals surface area (Å²) in [5.41, 5.74) is 3.15. The van der Waals surface area contributed by atoms with Crippen molar-refractivity contribution >= 4 is 125 Å². The molecule has 4 aromatic carbocycles. The van der Waals surface area contributed by atoms with Gasteiger partial charge in [0.1, 0.15) is 0 Å². The van der Waals surface area contributed by atoms with E-state index in [0.717, 1.165) is 50.3 Å². The number of rotatable bonds is 10. The molecule has 0 saturated carbocycles. The summed E-state index contributed by atoms with van der Waals surface area (Å²) in [6.07, 6.45) is 0. The van der Waals surface area contributed by atoms with Gasteiger partial charge in [-0.05, 0) is 84.9 Å². The summed E-state index contributed by atoms with van der Waals surface area (Å²) in [5, 5.41) is 7.17. The molecule has 0 aliphatic heterocycles. The highest BCUT2D eigenvalue weighted by Gasteiger charge is 2.11. The van der Waals surface area contributed by atoms with Crippen LogP contribution in [-0.2, 0) is 9.59 Å². The number of hydrogen-bond donors (Lipinski definition) is 2. The lowest BCUT2D eigenvalue weighted by Gasteiger charge is -2.08. The molecule has 2 aromatic heterocycles. The van der Waals surface area contributed by atoms with Crippen LogP contribution in [0.5, 0.6) is 0 Å². The molecule has 0 aliphatic carbocycles. The van der Waals surface area contributed by atoms with Crippen molar-refractivity contribution in [1.82, 2.24) is 9.97 Å². The molecule has 0 radical (unpaired) electrons. The minimum atomic E-state index is -0.0938.